The minimum Gasteiger partial charge on any atom is -0.330 e. The zero-order valence-electron chi connectivity index (χ0n) is 15.2. The van der Waals surface area contributed by atoms with Gasteiger partial charge in [0.2, 0.25) is 5.91 Å². The summed E-state index contributed by atoms with van der Waals surface area (Å²) in [6, 6.07) is 14.8. The van der Waals surface area contributed by atoms with Gasteiger partial charge in [-0.2, -0.15) is 0 Å². The fraction of sp³-hybridized carbons (Fsp3) is 0.435. The predicted octanol–water partition coefficient (Wildman–Crippen LogP) is 5.39. The molecule has 130 valence electrons. The van der Waals surface area contributed by atoms with E-state index in [1.165, 1.54) is 35.6 Å². The highest BCUT2D eigenvalue weighted by Gasteiger charge is 2.48. The Labute approximate surface area is 150 Å². The van der Waals surface area contributed by atoms with Gasteiger partial charge in [-0.1, -0.05) is 56.3 Å². The third-order valence-electron chi connectivity index (χ3n) is 6.45. The van der Waals surface area contributed by atoms with Gasteiger partial charge in [-0.15, -0.1) is 0 Å². The topological polar surface area (TPSA) is 29.1 Å². The number of rotatable bonds is 4. The smallest absolute Gasteiger partial charge is 0.227 e. The lowest BCUT2D eigenvalue weighted by Gasteiger charge is -2.27. The van der Waals surface area contributed by atoms with Crippen LogP contribution in [0.25, 0.3) is 16.8 Å². The molecule has 1 amide bonds. The molecule has 1 N–H and O–H groups in total. The number of amides is 1. The third kappa shape index (κ3) is 2.99. The number of nitrogens with one attached hydrogen (secondary N) is 1. The molecule has 0 spiro atoms. The van der Waals surface area contributed by atoms with Crippen LogP contribution in [0.15, 0.2) is 48.2 Å². The lowest BCUT2D eigenvalue weighted by Crippen LogP contribution is -2.36. The molecule has 2 aromatic carbocycles. The largest absolute Gasteiger partial charge is 0.330 e. The summed E-state index contributed by atoms with van der Waals surface area (Å²) in [5.41, 5.74) is 2.20. The molecule has 0 radical (unpaired) electrons. The molecule has 4 rings (SSSR count). The molecule has 0 aromatic heterocycles. The molecule has 2 heteroatoms. The number of benzene rings is 2. The van der Waals surface area contributed by atoms with Gasteiger partial charge >= 0.3 is 0 Å². The van der Waals surface area contributed by atoms with Gasteiger partial charge in [-0.25, -0.2) is 0 Å². The van der Waals surface area contributed by atoms with Gasteiger partial charge in [-0.3, -0.25) is 4.79 Å². The van der Waals surface area contributed by atoms with E-state index in [9.17, 15) is 4.79 Å². The Morgan fingerprint density at radius 3 is 2.64 bits per heavy atom. The first-order chi connectivity index (χ1) is 12.2. The number of fused-ring (bicyclic) bond motifs is 3. The average Bonchev–Trinajstić information content (AvgIpc) is 3.22. The first-order valence-electron chi connectivity index (χ1n) is 9.66. The first-order valence-corrected chi connectivity index (χ1v) is 9.66. The molecule has 2 saturated carbocycles. The van der Waals surface area contributed by atoms with Crippen LogP contribution in [-0.2, 0) is 4.79 Å². The molecule has 0 saturated heterocycles. The highest BCUT2D eigenvalue weighted by molar-refractivity contribution is 5.91. The summed E-state index contributed by atoms with van der Waals surface area (Å²) in [6.07, 6.45) is 6.81. The van der Waals surface area contributed by atoms with Crippen LogP contribution in [0.5, 0.6) is 0 Å². The summed E-state index contributed by atoms with van der Waals surface area (Å²) in [7, 11) is 0. The van der Waals surface area contributed by atoms with Crippen LogP contribution in [0.4, 0.5) is 0 Å². The van der Waals surface area contributed by atoms with Crippen molar-refractivity contribution in [1.82, 2.24) is 5.32 Å². The molecular formula is C23H27NO. The van der Waals surface area contributed by atoms with Crippen molar-refractivity contribution in [3.05, 3.63) is 53.7 Å². The second kappa shape index (κ2) is 6.67. The van der Waals surface area contributed by atoms with Crippen molar-refractivity contribution in [3.63, 3.8) is 0 Å². The van der Waals surface area contributed by atoms with E-state index in [4.69, 9.17) is 0 Å². The number of carbonyl (C=O) groups excluding carboxylic acids is 1. The molecule has 2 aliphatic carbocycles. The minimum absolute atomic E-state index is 0.209. The van der Waals surface area contributed by atoms with Crippen LogP contribution in [0, 0.1) is 23.7 Å². The van der Waals surface area contributed by atoms with E-state index in [0.717, 1.165) is 18.0 Å². The van der Waals surface area contributed by atoms with Crippen LogP contribution in [0.2, 0.25) is 0 Å². The first kappa shape index (κ1) is 16.4. The number of allylic oxidation sites excluding steroid dienone is 1. The minimum atomic E-state index is 0.209. The second-order valence-electron chi connectivity index (χ2n) is 7.80. The second-order valence-corrected chi connectivity index (χ2v) is 7.80. The Morgan fingerprint density at radius 1 is 1.12 bits per heavy atom. The Balaban J connectivity index is 1.58. The summed E-state index contributed by atoms with van der Waals surface area (Å²) in [4.78, 5) is 12.9. The van der Waals surface area contributed by atoms with Crippen LogP contribution in [-0.4, -0.2) is 5.91 Å². The van der Waals surface area contributed by atoms with Crippen LogP contribution in [0.1, 0.15) is 45.1 Å². The van der Waals surface area contributed by atoms with Gasteiger partial charge in [0.05, 0.1) is 0 Å². The van der Waals surface area contributed by atoms with Crippen LogP contribution in [0.3, 0.4) is 0 Å². The lowest BCUT2D eigenvalue weighted by atomic mass is 9.80. The van der Waals surface area contributed by atoms with Crippen molar-refractivity contribution in [2.75, 3.05) is 0 Å². The van der Waals surface area contributed by atoms with Gasteiger partial charge < -0.3 is 5.32 Å². The standard InChI is InChI=1S/C23H27NO/c1-3-20(14-18-9-6-8-16-7-4-5-10-21(16)18)24-23(25)22-15(2)17-11-12-19(22)13-17/h4-10,14-15,17,19,22H,3,11-13H2,1-2H3,(H,24,25). The van der Waals surface area contributed by atoms with Gasteiger partial charge in [-0.05, 0) is 65.8 Å². The fourth-order valence-electron chi connectivity index (χ4n) is 5.06. The Kier molecular flexibility index (Phi) is 4.37. The monoisotopic (exact) mass is 333 g/mol. The molecule has 0 heterocycles. The van der Waals surface area contributed by atoms with Gasteiger partial charge in [0, 0.05) is 11.6 Å². The summed E-state index contributed by atoms with van der Waals surface area (Å²) in [6.45, 7) is 4.38. The zero-order valence-corrected chi connectivity index (χ0v) is 15.2. The van der Waals surface area contributed by atoms with Crippen molar-refractivity contribution < 1.29 is 4.79 Å². The maximum Gasteiger partial charge on any atom is 0.227 e. The van der Waals surface area contributed by atoms with Crippen molar-refractivity contribution in [1.29, 1.82) is 0 Å². The maximum atomic E-state index is 12.9. The average molecular weight is 333 g/mol. The van der Waals surface area contributed by atoms with Crippen molar-refractivity contribution >= 4 is 22.8 Å². The summed E-state index contributed by atoms with van der Waals surface area (Å²) in [5.74, 6) is 2.37. The Hall–Kier alpha value is -2.09. The van der Waals surface area contributed by atoms with Crippen molar-refractivity contribution in [2.45, 2.75) is 39.5 Å². The molecule has 25 heavy (non-hydrogen) atoms. The number of carbonyl (C=O) groups is 1. The highest BCUT2D eigenvalue weighted by Crippen LogP contribution is 2.52. The summed E-state index contributed by atoms with van der Waals surface area (Å²) < 4.78 is 0. The quantitative estimate of drug-likeness (QED) is 0.798. The molecule has 2 aromatic rings. The SMILES string of the molecule is CCC(=Cc1cccc2ccccc12)NC(=O)C1C2CCC(C2)C1C. The maximum absolute atomic E-state index is 12.9. The summed E-state index contributed by atoms with van der Waals surface area (Å²) >= 11 is 0. The molecule has 4 atom stereocenters. The number of hydrogen-bond acceptors (Lipinski definition) is 1. The lowest BCUT2D eigenvalue weighted by molar-refractivity contribution is -0.127. The summed E-state index contributed by atoms with van der Waals surface area (Å²) in [5, 5.41) is 5.73. The highest BCUT2D eigenvalue weighted by atomic mass is 16.1. The molecule has 0 aliphatic heterocycles. The normalized spacial score (nSPS) is 28.5. The van der Waals surface area contributed by atoms with E-state index in [1.54, 1.807) is 0 Å². The van der Waals surface area contributed by atoms with E-state index in [1.807, 2.05) is 0 Å². The molecular weight excluding hydrogens is 306 g/mol. The van der Waals surface area contributed by atoms with E-state index in [-0.39, 0.29) is 11.8 Å². The van der Waals surface area contributed by atoms with Crippen molar-refractivity contribution in [3.8, 4) is 0 Å². The fourth-order valence-corrected chi connectivity index (χ4v) is 5.06. The van der Waals surface area contributed by atoms with E-state index >= 15 is 0 Å². The molecule has 2 fully saturated rings. The zero-order chi connectivity index (χ0) is 17.4. The van der Waals surface area contributed by atoms with Gasteiger partial charge in [0.1, 0.15) is 0 Å². The van der Waals surface area contributed by atoms with E-state index in [0.29, 0.717) is 11.8 Å². The molecule has 4 unspecified atom stereocenters. The molecule has 2 bridgehead atoms. The number of hydrogen-bond donors (Lipinski definition) is 1. The van der Waals surface area contributed by atoms with E-state index < -0.39 is 0 Å². The van der Waals surface area contributed by atoms with E-state index in [2.05, 4.69) is 67.7 Å². The van der Waals surface area contributed by atoms with Crippen LogP contribution >= 0.6 is 0 Å². The third-order valence-corrected chi connectivity index (χ3v) is 6.45. The Bertz CT molecular complexity index is 814. The molecule has 2 aliphatic rings. The Morgan fingerprint density at radius 2 is 1.88 bits per heavy atom. The van der Waals surface area contributed by atoms with Crippen LogP contribution < -0.4 is 5.32 Å². The van der Waals surface area contributed by atoms with Gasteiger partial charge in [0.15, 0.2) is 0 Å². The molecule has 2 nitrogen and oxygen atoms in total. The predicted molar refractivity (Wildman–Crippen MR) is 104 cm³/mol. The van der Waals surface area contributed by atoms with Crippen molar-refractivity contribution in [2.24, 2.45) is 23.7 Å². The van der Waals surface area contributed by atoms with Gasteiger partial charge in [0.25, 0.3) is 0 Å².